The molecule has 0 fully saturated rings. The second-order valence-corrected chi connectivity index (χ2v) is 7.58. The molecule has 3 unspecified atom stereocenters. The number of aliphatic carboxylic acids is 1. The lowest BCUT2D eigenvalue weighted by atomic mass is 10.0. The van der Waals surface area contributed by atoms with Gasteiger partial charge in [0.15, 0.2) is 0 Å². The number of benzene rings is 1. The Bertz CT molecular complexity index is 1040. The fraction of sp³-hybridized carbons (Fsp3) is 0.381. The maximum Gasteiger partial charge on any atom is 0.325 e. The number of carboxylic acid groups (broad SMARTS) is 1. The van der Waals surface area contributed by atoms with Gasteiger partial charge in [-0.1, -0.05) is 18.2 Å². The third-order valence-electron chi connectivity index (χ3n) is 4.94. The highest BCUT2D eigenvalue weighted by Crippen LogP contribution is 2.18. The van der Waals surface area contributed by atoms with Gasteiger partial charge in [0.1, 0.15) is 12.1 Å². The van der Waals surface area contributed by atoms with Crippen LogP contribution in [0.4, 0.5) is 0 Å². The molecular weight excluding hydrogens is 432 g/mol. The maximum absolute atomic E-state index is 12.6. The van der Waals surface area contributed by atoms with Crippen molar-refractivity contribution in [3.8, 4) is 0 Å². The zero-order chi connectivity index (χ0) is 24.5. The largest absolute Gasteiger partial charge is 0.480 e. The number of H-pyrrole nitrogens is 1. The molecule has 0 radical (unpaired) electrons. The summed E-state index contributed by atoms with van der Waals surface area (Å²) in [6.45, 7) is 0.758. The Morgan fingerprint density at radius 1 is 1.09 bits per heavy atom. The first kappa shape index (κ1) is 25.3. The predicted molar refractivity (Wildman–Crippen MR) is 119 cm³/mol. The van der Waals surface area contributed by atoms with Crippen molar-refractivity contribution in [1.82, 2.24) is 20.9 Å². The van der Waals surface area contributed by atoms with Gasteiger partial charge in [0.05, 0.1) is 12.6 Å². The summed E-state index contributed by atoms with van der Waals surface area (Å²) in [4.78, 5) is 62.0. The molecule has 2 aromatic rings. The Hall–Kier alpha value is -3.93. The van der Waals surface area contributed by atoms with E-state index < -0.39 is 54.3 Å². The summed E-state index contributed by atoms with van der Waals surface area (Å²) in [6.07, 6.45) is 1.68. The van der Waals surface area contributed by atoms with E-state index in [9.17, 15) is 24.0 Å². The molecule has 2 rings (SSSR count). The molecule has 0 bridgehead atoms. The third kappa shape index (κ3) is 7.61. The highest BCUT2D eigenvalue weighted by atomic mass is 16.4. The highest BCUT2D eigenvalue weighted by Gasteiger charge is 2.25. The van der Waals surface area contributed by atoms with E-state index in [0.717, 1.165) is 16.5 Å². The Morgan fingerprint density at radius 3 is 2.45 bits per heavy atom. The minimum absolute atomic E-state index is 0.0974. The van der Waals surface area contributed by atoms with Crippen molar-refractivity contribution in [2.75, 3.05) is 6.54 Å². The summed E-state index contributed by atoms with van der Waals surface area (Å²) in [7, 11) is 0. The van der Waals surface area contributed by atoms with Crippen LogP contribution in [-0.2, 0) is 30.4 Å². The first-order valence-electron chi connectivity index (χ1n) is 10.3. The summed E-state index contributed by atoms with van der Waals surface area (Å²) < 4.78 is 0. The first-order chi connectivity index (χ1) is 15.6. The minimum atomic E-state index is -1.23. The molecule has 4 amide bonds. The normalized spacial score (nSPS) is 13.5. The van der Waals surface area contributed by atoms with Crippen LogP contribution in [0.25, 0.3) is 10.9 Å². The quantitative estimate of drug-likeness (QED) is 0.199. The number of aromatic nitrogens is 1. The van der Waals surface area contributed by atoms with Gasteiger partial charge in [0.2, 0.25) is 23.6 Å². The second-order valence-electron chi connectivity index (χ2n) is 7.58. The van der Waals surface area contributed by atoms with E-state index in [1.54, 1.807) is 6.20 Å². The zero-order valence-electron chi connectivity index (χ0n) is 18.1. The average molecular weight is 460 g/mol. The molecule has 12 nitrogen and oxygen atoms in total. The summed E-state index contributed by atoms with van der Waals surface area (Å²) in [6, 6.07) is 4.24. The molecule has 3 atom stereocenters. The third-order valence-corrected chi connectivity index (χ3v) is 4.94. The minimum Gasteiger partial charge on any atom is -0.480 e. The number of para-hydroxylation sites is 1. The summed E-state index contributed by atoms with van der Waals surface area (Å²) in [5.74, 6) is -3.98. The fourth-order valence-corrected chi connectivity index (χ4v) is 3.11. The predicted octanol–water partition coefficient (Wildman–Crippen LogP) is -1.51. The number of nitrogens with two attached hydrogens (primary N) is 2. The summed E-state index contributed by atoms with van der Waals surface area (Å²) in [5, 5.41) is 16.7. The molecule has 0 saturated heterocycles. The fourth-order valence-electron chi connectivity index (χ4n) is 3.11. The van der Waals surface area contributed by atoms with Gasteiger partial charge < -0.3 is 37.5 Å². The Labute approximate surface area is 189 Å². The number of carbonyl (C=O) groups is 5. The van der Waals surface area contributed by atoms with Crippen LogP contribution in [0.3, 0.4) is 0 Å². The number of nitrogens with one attached hydrogen (secondary N) is 4. The molecule has 1 heterocycles. The Kier molecular flexibility index (Phi) is 8.92. The van der Waals surface area contributed by atoms with Crippen LogP contribution in [-0.4, -0.2) is 64.4 Å². The first-order valence-corrected chi connectivity index (χ1v) is 10.3. The van der Waals surface area contributed by atoms with Gasteiger partial charge in [-0.25, -0.2) is 0 Å². The van der Waals surface area contributed by atoms with Gasteiger partial charge in [-0.05, 0) is 31.4 Å². The topological polar surface area (TPSA) is 209 Å². The lowest BCUT2D eigenvalue weighted by molar-refractivity contribution is -0.141. The van der Waals surface area contributed by atoms with Crippen LogP contribution >= 0.6 is 0 Å². The van der Waals surface area contributed by atoms with Gasteiger partial charge in [-0.15, -0.1) is 0 Å². The van der Waals surface area contributed by atoms with Crippen LogP contribution < -0.4 is 27.4 Å². The van der Waals surface area contributed by atoms with Crippen molar-refractivity contribution in [2.45, 2.75) is 44.3 Å². The van der Waals surface area contributed by atoms with Crippen LogP contribution in [0.2, 0.25) is 0 Å². The zero-order valence-corrected chi connectivity index (χ0v) is 18.1. The van der Waals surface area contributed by atoms with Crippen LogP contribution in [0, 0.1) is 0 Å². The molecule has 0 aliphatic heterocycles. The molecule has 0 saturated carbocycles. The van der Waals surface area contributed by atoms with E-state index in [2.05, 4.69) is 20.9 Å². The highest BCUT2D eigenvalue weighted by molar-refractivity contribution is 5.93. The van der Waals surface area contributed by atoms with Gasteiger partial charge in [0.25, 0.3) is 0 Å². The van der Waals surface area contributed by atoms with Gasteiger partial charge in [-0.2, -0.15) is 0 Å². The molecule has 178 valence electrons. The van der Waals surface area contributed by atoms with Crippen LogP contribution in [0.1, 0.15) is 25.3 Å². The number of hydrogen-bond donors (Lipinski definition) is 7. The van der Waals surface area contributed by atoms with Crippen molar-refractivity contribution in [3.05, 3.63) is 36.0 Å². The SMILES string of the molecule is CC(NC(=O)CNC(=O)C(CCC(N)=O)NC(=O)C(N)Cc1c[nH]c2ccccc12)C(=O)O. The lowest BCUT2D eigenvalue weighted by Crippen LogP contribution is -2.53. The van der Waals surface area contributed by atoms with E-state index in [-0.39, 0.29) is 19.3 Å². The molecule has 33 heavy (non-hydrogen) atoms. The Balaban J connectivity index is 1.98. The second kappa shape index (κ2) is 11.6. The van der Waals surface area contributed by atoms with Crippen molar-refractivity contribution in [1.29, 1.82) is 0 Å². The number of rotatable bonds is 12. The summed E-state index contributed by atoms with van der Waals surface area (Å²) >= 11 is 0. The van der Waals surface area contributed by atoms with Gasteiger partial charge in [-0.3, -0.25) is 24.0 Å². The van der Waals surface area contributed by atoms with Crippen molar-refractivity contribution < 1.29 is 29.1 Å². The standard InChI is InChI=1S/C21H28N6O6/c1-11(21(32)33)26-18(29)10-25-20(31)16(6-7-17(23)28)27-19(30)14(22)8-12-9-24-15-5-3-2-4-13(12)15/h2-5,9,11,14,16,24H,6-8,10,22H2,1H3,(H2,23,28)(H,25,31)(H,26,29)(H,27,30)(H,32,33). The maximum atomic E-state index is 12.6. The van der Waals surface area contributed by atoms with Crippen molar-refractivity contribution in [2.24, 2.45) is 11.5 Å². The molecular formula is C21H28N6O6. The average Bonchev–Trinajstić information content (AvgIpc) is 3.17. The Morgan fingerprint density at radius 2 is 1.79 bits per heavy atom. The number of amides is 4. The van der Waals surface area contributed by atoms with E-state index in [0.29, 0.717) is 0 Å². The lowest BCUT2D eigenvalue weighted by Gasteiger charge is -2.20. The molecule has 1 aromatic carbocycles. The van der Waals surface area contributed by atoms with Crippen LogP contribution in [0.15, 0.2) is 30.5 Å². The molecule has 1 aromatic heterocycles. The van der Waals surface area contributed by atoms with E-state index in [1.807, 2.05) is 24.3 Å². The van der Waals surface area contributed by atoms with Gasteiger partial charge in [0, 0.05) is 23.5 Å². The number of carbonyl (C=O) groups excluding carboxylic acids is 4. The smallest absolute Gasteiger partial charge is 0.325 e. The van der Waals surface area contributed by atoms with E-state index in [4.69, 9.17) is 16.6 Å². The van der Waals surface area contributed by atoms with Gasteiger partial charge >= 0.3 is 5.97 Å². The number of fused-ring (bicyclic) bond motifs is 1. The number of primary amides is 1. The van der Waals surface area contributed by atoms with E-state index in [1.165, 1.54) is 6.92 Å². The number of aromatic amines is 1. The number of hydrogen-bond acceptors (Lipinski definition) is 6. The van der Waals surface area contributed by atoms with E-state index >= 15 is 0 Å². The van der Waals surface area contributed by atoms with Crippen molar-refractivity contribution >= 4 is 40.5 Å². The molecule has 0 spiro atoms. The van der Waals surface area contributed by atoms with Crippen LogP contribution in [0.5, 0.6) is 0 Å². The monoisotopic (exact) mass is 460 g/mol. The molecule has 0 aliphatic rings. The number of carboxylic acids is 1. The molecule has 9 N–H and O–H groups in total. The molecule has 0 aliphatic carbocycles. The van der Waals surface area contributed by atoms with Crippen molar-refractivity contribution in [3.63, 3.8) is 0 Å². The summed E-state index contributed by atoms with van der Waals surface area (Å²) in [5.41, 5.74) is 12.9. The molecule has 12 heteroatoms.